The fourth-order valence-corrected chi connectivity index (χ4v) is 5.50. The van der Waals surface area contributed by atoms with Crippen molar-refractivity contribution < 1.29 is 22.7 Å². The Morgan fingerprint density at radius 3 is 2.83 bits per heavy atom. The van der Waals surface area contributed by atoms with Gasteiger partial charge in [-0.25, -0.2) is 8.42 Å². The number of rotatable bonds is 2. The number of hydrogen-bond acceptors (Lipinski definition) is 5. The number of nitrogens with zero attached hydrogens (tertiary/aromatic N) is 2. The first-order valence-corrected chi connectivity index (χ1v) is 9.65. The Labute approximate surface area is 141 Å². The molecule has 0 aliphatic carbocycles. The maximum absolute atomic E-state index is 13.2. The minimum atomic E-state index is -3.84. The molecule has 0 saturated carbocycles. The number of fused-ring (bicyclic) bond motifs is 2. The van der Waals surface area contributed by atoms with Gasteiger partial charge in [0.25, 0.3) is 0 Å². The molecule has 4 rings (SSSR count). The van der Waals surface area contributed by atoms with Gasteiger partial charge in [0, 0.05) is 19.1 Å². The number of amides is 1. The lowest BCUT2D eigenvalue weighted by Crippen LogP contribution is -2.59. The highest BCUT2D eigenvalue weighted by Gasteiger charge is 2.46. The van der Waals surface area contributed by atoms with Crippen LogP contribution in [0.2, 0.25) is 0 Å². The first-order valence-electron chi connectivity index (χ1n) is 8.21. The van der Waals surface area contributed by atoms with Gasteiger partial charge in [-0.15, -0.1) is 0 Å². The summed E-state index contributed by atoms with van der Waals surface area (Å²) in [5.74, 6) is 0.562. The van der Waals surface area contributed by atoms with Crippen LogP contribution < -0.4 is 9.47 Å². The van der Waals surface area contributed by atoms with Crippen molar-refractivity contribution in [2.75, 3.05) is 26.3 Å². The van der Waals surface area contributed by atoms with E-state index >= 15 is 0 Å². The van der Waals surface area contributed by atoms with Crippen molar-refractivity contribution in [1.82, 2.24) is 9.21 Å². The number of hydrogen-bond donors (Lipinski definition) is 0. The van der Waals surface area contributed by atoms with Crippen molar-refractivity contribution >= 4 is 15.9 Å². The second-order valence-corrected chi connectivity index (χ2v) is 8.22. The molecule has 1 aromatic rings. The van der Waals surface area contributed by atoms with E-state index in [4.69, 9.17) is 9.47 Å². The SMILES string of the molecule is C[C@H]1C(=O)N2CCC[C@@H]2CN1S(=O)(=O)c1cccc2c1OCCO2. The van der Waals surface area contributed by atoms with Gasteiger partial charge in [-0.2, -0.15) is 4.31 Å². The monoisotopic (exact) mass is 352 g/mol. The number of carbonyl (C=O) groups excluding carboxylic acids is 1. The van der Waals surface area contributed by atoms with Gasteiger partial charge in [-0.3, -0.25) is 4.79 Å². The van der Waals surface area contributed by atoms with Gasteiger partial charge in [-0.05, 0) is 31.9 Å². The van der Waals surface area contributed by atoms with Gasteiger partial charge in [-0.1, -0.05) is 6.07 Å². The van der Waals surface area contributed by atoms with Crippen LogP contribution in [0, 0.1) is 0 Å². The third kappa shape index (κ3) is 2.28. The quantitative estimate of drug-likeness (QED) is 0.788. The van der Waals surface area contributed by atoms with Gasteiger partial charge < -0.3 is 14.4 Å². The van der Waals surface area contributed by atoms with E-state index in [2.05, 4.69) is 0 Å². The van der Waals surface area contributed by atoms with Crippen LogP contribution in [-0.2, 0) is 14.8 Å². The maximum Gasteiger partial charge on any atom is 0.247 e. The third-order valence-electron chi connectivity index (χ3n) is 4.96. The number of benzene rings is 1. The molecule has 3 aliphatic rings. The van der Waals surface area contributed by atoms with Crippen LogP contribution in [0.5, 0.6) is 11.5 Å². The highest BCUT2D eigenvalue weighted by Crippen LogP contribution is 2.39. The van der Waals surface area contributed by atoms with E-state index in [-0.39, 0.29) is 22.6 Å². The molecule has 0 radical (unpaired) electrons. The van der Waals surface area contributed by atoms with Crippen molar-refractivity contribution in [2.24, 2.45) is 0 Å². The Morgan fingerprint density at radius 2 is 2.00 bits per heavy atom. The standard InChI is InChI=1S/C16H20N2O5S/c1-11-16(19)17-7-3-4-12(17)10-18(11)24(20,21)14-6-2-5-13-15(14)23-9-8-22-13/h2,5-6,11-12H,3-4,7-10H2,1H3/t11-,12+/m0/s1. The molecule has 7 nitrogen and oxygen atoms in total. The maximum atomic E-state index is 13.2. The molecule has 130 valence electrons. The molecular formula is C16H20N2O5S. The Morgan fingerprint density at radius 1 is 1.21 bits per heavy atom. The van der Waals surface area contributed by atoms with Crippen LogP contribution in [0.1, 0.15) is 19.8 Å². The van der Waals surface area contributed by atoms with E-state index < -0.39 is 16.1 Å². The molecule has 1 aromatic carbocycles. The predicted molar refractivity (Wildman–Crippen MR) is 85.5 cm³/mol. The number of piperazine rings is 1. The molecule has 3 heterocycles. The lowest BCUT2D eigenvalue weighted by molar-refractivity contribution is -0.139. The van der Waals surface area contributed by atoms with Crippen LogP contribution in [0.15, 0.2) is 23.1 Å². The molecule has 0 N–H and O–H groups in total. The third-order valence-corrected chi connectivity index (χ3v) is 6.92. The van der Waals surface area contributed by atoms with Gasteiger partial charge >= 0.3 is 0 Å². The minimum Gasteiger partial charge on any atom is -0.486 e. The second-order valence-electron chi connectivity index (χ2n) is 6.36. The normalized spacial score (nSPS) is 27.2. The summed E-state index contributed by atoms with van der Waals surface area (Å²) in [6.45, 7) is 3.41. The van der Waals surface area contributed by atoms with Crippen molar-refractivity contribution in [1.29, 1.82) is 0 Å². The molecule has 1 amide bonds. The zero-order chi connectivity index (χ0) is 16.9. The highest BCUT2D eigenvalue weighted by atomic mass is 32.2. The zero-order valence-electron chi connectivity index (χ0n) is 13.5. The van der Waals surface area contributed by atoms with Gasteiger partial charge in [0.1, 0.15) is 24.2 Å². The number of sulfonamides is 1. The molecule has 2 saturated heterocycles. The summed E-state index contributed by atoms with van der Waals surface area (Å²) in [5, 5.41) is 0. The Bertz CT molecular complexity index is 779. The van der Waals surface area contributed by atoms with Crippen LogP contribution in [-0.4, -0.2) is 61.9 Å². The number of para-hydroxylation sites is 1. The van der Waals surface area contributed by atoms with Gasteiger partial charge in [0.15, 0.2) is 11.5 Å². The molecule has 8 heteroatoms. The summed E-state index contributed by atoms with van der Waals surface area (Å²) in [6.07, 6.45) is 1.77. The lowest BCUT2D eigenvalue weighted by Gasteiger charge is -2.40. The van der Waals surface area contributed by atoms with E-state index in [9.17, 15) is 13.2 Å². The molecule has 24 heavy (non-hydrogen) atoms. The Balaban J connectivity index is 1.74. The zero-order valence-corrected chi connectivity index (χ0v) is 14.3. The van der Waals surface area contributed by atoms with Crippen molar-refractivity contribution in [3.63, 3.8) is 0 Å². The first-order chi connectivity index (χ1) is 11.5. The topological polar surface area (TPSA) is 76.2 Å². The fraction of sp³-hybridized carbons (Fsp3) is 0.562. The summed E-state index contributed by atoms with van der Waals surface area (Å²) in [4.78, 5) is 14.4. The lowest BCUT2D eigenvalue weighted by atomic mass is 10.1. The van der Waals surface area contributed by atoms with Crippen LogP contribution in [0.25, 0.3) is 0 Å². The summed E-state index contributed by atoms with van der Waals surface area (Å²) in [7, 11) is -3.84. The van der Waals surface area contributed by atoms with Crippen LogP contribution in [0.3, 0.4) is 0 Å². The molecule has 0 spiro atoms. The van der Waals surface area contributed by atoms with Crippen LogP contribution in [0.4, 0.5) is 0 Å². The molecule has 2 fully saturated rings. The summed E-state index contributed by atoms with van der Waals surface area (Å²) >= 11 is 0. The Kier molecular flexibility index (Phi) is 3.69. The second kappa shape index (κ2) is 5.63. The van der Waals surface area contributed by atoms with Crippen LogP contribution >= 0.6 is 0 Å². The van der Waals surface area contributed by atoms with Gasteiger partial charge in [0.2, 0.25) is 15.9 Å². The Hall–Kier alpha value is -1.80. The van der Waals surface area contributed by atoms with Crippen molar-refractivity contribution in [3.05, 3.63) is 18.2 Å². The smallest absolute Gasteiger partial charge is 0.247 e. The van der Waals surface area contributed by atoms with Crippen molar-refractivity contribution in [2.45, 2.75) is 36.7 Å². The van der Waals surface area contributed by atoms with E-state index in [1.807, 2.05) is 4.90 Å². The van der Waals surface area contributed by atoms with E-state index in [0.717, 1.165) is 19.4 Å². The summed E-state index contributed by atoms with van der Waals surface area (Å²) in [5.41, 5.74) is 0. The fourth-order valence-electron chi connectivity index (χ4n) is 3.73. The molecule has 0 bridgehead atoms. The summed E-state index contributed by atoms with van der Waals surface area (Å²) < 4.78 is 38.8. The average molecular weight is 352 g/mol. The molecule has 0 unspecified atom stereocenters. The molecule has 0 aromatic heterocycles. The van der Waals surface area contributed by atoms with E-state index in [1.165, 1.54) is 10.4 Å². The number of carbonyl (C=O) groups is 1. The largest absolute Gasteiger partial charge is 0.486 e. The highest BCUT2D eigenvalue weighted by molar-refractivity contribution is 7.89. The van der Waals surface area contributed by atoms with Gasteiger partial charge in [0.05, 0.1) is 0 Å². The molecule has 3 aliphatic heterocycles. The predicted octanol–water partition coefficient (Wildman–Crippen LogP) is 0.842. The van der Waals surface area contributed by atoms with Crippen molar-refractivity contribution in [3.8, 4) is 11.5 Å². The molecule has 2 atom stereocenters. The van der Waals surface area contributed by atoms with E-state index in [0.29, 0.717) is 25.5 Å². The summed E-state index contributed by atoms with van der Waals surface area (Å²) in [6, 6.07) is 4.11. The first kappa shape index (κ1) is 15.7. The average Bonchev–Trinajstić information content (AvgIpc) is 3.06. The number of ether oxygens (including phenoxy) is 2. The van der Waals surface area contributed by atoms with E-state index in [1.54, 1.807) is 19.1 Å². The minimum absolute atomic E-state index is 0.0276. The molecular weight excluding hydrogens is 332 g/mol.